The minimum absolute atomic E-state index is 0.0807. The van der Waals surface area contributed by atoms with E-state index in [1.165, 1.54) is 25.7 Å². The average Bonchev–Trinajstić information content (AvgIpc) is 3.38. The Morgan fingerprint density at radius 2 is 1.67 bits per heavy atom. The van der Waals surface area contributed by atoms with Crippen LogP contribution in [0, 0.1) is 6.92 Å². The topological polar surface area (TPSA) is 78.5 Å². The lowest BCUT2D eigenvalue weighted by Crippen LogP contribution is -2.52. The molecule has 6 nitrogen and oxygen atoms in total. The van der Waals surface area contributed by atoms with E-state index in [0.29, 0.717) is 43.5 Å². The number of benzene rings is 1. The summed E-state index contributed by atoms with van der Waals surface area (Å²) >= 11 is 0. The summed E-state index contributed by atoms with van der Waals surface area (Å²) in [5.74, 6) is -3.13. The summed E-state index contributed by atoms with van der Waals surface area (Å²) in [4.78, 5) is 36.8. The molecule has 1 atom stereocenters. The van der Waals surface area contributed by atoms with Crippen molar-refractivity contribution in [2.24, 2.45) is 0 Å². The molecule has 2 saturated carbocycles. The number of nitrogens with zero attached hydrogens (tertiary/aromatic N) is 1. The molecule has 33 heavy (non-hydrogen) atoms. The number of hydrogen-bond acceptors (Lipinski definition) is 4. The first-order valence-corrected chi connectivity index (χ1v) is 12.1. The Morgan fingerprint density at radius 3 is 2.33 bits per heavy atom. The summed E-state index contributed by atoms with van der Waals surface area (Å²) in [6, 6.07) is 6.12. The van der Waals surface area contributed by atoms with E-state index >= 15 is 0 Å². The van der Waals surface area contributed by atoms with Crippen molar-refractivity contribution in [3.05, 3.63) is 34.9 Å². The molecule has 2 aliphatic carbocycles. The first-order valence-electron chi connectivity index (χ1n) is 12.1. The van der Waals surface area contributed by atoms with Gasteiger partial charge in [-0.15, -0.1) is 0 Å². The molecular formula is C25H33F2N3O3. The van der Waals surface area contributed by atoms with Crippen LogP contribution >= 0.6 is 0 Å². The fourth-order valence-corrected chi connectivity index (χ4v) is 5.34. The largest absolute Gasteiger partial charge is 0.322 e. The number of fused-ring (bicyclic) bond motifs is 1. The van der Waals surface area contributed by atoms with Crippen LogP contribution in [-0.2, 0) is 16.1 Å². The number of alkyl halides is 2. The summed E-state index contributed by atoms with van der Waals surface area (Å²) in [7, 11) is 0. The minimum Gasteiger partial charge on any atom is -0.322 e. The maximum atomic E-state index is 12.9. The van der Waals surface area contributed by atoms with E-state index in [2.05, 4.69) is 10.6 Å². The summed E-state index contributed by atoms with van der Waals surface area (Å²) in [6.07, 6.45) is 7.27. The Labute approximate surface area is 193 Å². The SMILES string of the molecule is Cc1ccc2c(c1)CN(C1CCC(=O)NC1=O)C2=O.FC1(F)CCC(NC2CCCC2)CC1. The molecule has 0 aromatic heterocycles. The van der Waals surface area contributed by atoms with Crippen molar-refractivity contribution in [3.63, 3.8) is 0 Å². The molecule has 0 bridgehead atoms. The molecule has 0 radical (unpaired) electrons. The van der Waals surface area contributed by atoms with Gasteiger partial charge < -0.3 is 10.2 Å². The maximum absolute atomic E-state index is 12.9. The second kappa shape index (κ2) is 9.87. The molecule has 2 heterocycles. The van der Waals surface area contributed by atoms with E-state index in [-0.39, 0.29) is 37.0 Å². The van der Waals surface area contributed by atoms with Crippen molar-refractivity contribution in [2.75, 3.05) is 0 Å². The fraction of sp³-hybridized carbons (Fsp3) is 0.640. The lowest BCUT2D eigenvalue weighted by molar-refractivity contribution is -0.136. The molecule has 3 fully saturated rings. The van der Waals surface area contributed by atoms with Crippen LogP contribution in [-0.4, -0.2) is 46.7 Å². The predicted molar refractivity (Wildman–Crippen MR) is 120 cm³/mol. The third kappa shape index (κ3) is 5.78. The summed E-state index contributed by atoms with van der Waals surface area (Å²) < 4.78 is 25.7. The number of carbonyl (C=O) groups is 3. The van der Waals surface area contributed by atoms with Crippen molar-refractivity contribution in [1.82, 2.24) is 15.5 Å². The fourth-order valence-electron chi connectivity index (χ4n) is 5.34. The summed E-state index contributed by atoms with van der Waals surface area (Å²) in [5.41, 5.74) is 2.71. The monoisotopic (exact) mass is 461 g/mol. The van der Waals surface area contributed by atoms with Crippen molar-refractivity contribution in [1.29, 1.82) is 0 Å². The molecule has 3 amide bonds. The lowest BCUT2D eigenvalue weighted by atomic mass is 9.91. The van der Waals surface area contributed by atoms with Gasteiger partial charge in [-0.1, -0.05) is 30.5 Å². The van der Waals surface area contributed by atoms with Crippen molar-refractivity contribution >= 4 is 17.7 Å². The van der Waals surface area contributed by atoms with E-state index < -0.39 is 12.0 Å². The van der Waals surface area contributed by atoms with Crippen LogP contribution < -0.4 is 10.6 Å². The number of piperidine rings is 1. The van der Waals surface area contributed by atoms with Gasteiger partial charge in [0.1, 0.15) is 6.04 Å². The molecule has 1 aromatic rings. The highest BCUT2D eigenvalue weighted by molar-refractivity contribution is 6.05. The van der Waals surface area contributed by atoms with Crippen molar-refractivity contribution < 1.29 is 23.2 Å². The molecule has 1 aromatic carbocycles. The van der Waals surface area contributed by atoms with Crippen LogP contribution in [0.15, 0.2) is 18.2 Å². The van der Waals surface area contributed by atoms with E-state index in [9.17, 15) is 23.2 Å². The van der Waals surface area contributed by atoms with Crippen LogP contribution in [0.4, 0.5) is 8.78 Å². The van der Waals surface area contributed by atoms with Crippen LogP contribution in [0.25, 0.3) is 0 Å². The average molecular weight is 462 g/mol. The number of amides is 3. The Morgan fingerprint density at radius 1 is 1.00 bits per heavy atom. The molecule has 2 aliphatic heterocycles. The molecule has 4 aliphatic rings. The standard InChI is InChI=1S/C14H14N2O3.C11H19F2N/c1-8-2-3-10-9(6-8)7-16(14(10)19)11-4-5-12(17)15-13(11)18;12-11(13)7-5-10(6-8-11)14-9-3-1-2-4-9/h2-3,6,11H,4-5,7H2,1H3,(H,15,17,18);9-10,14H,1-8H2. The molecule has 5 rings (SSSR count). The van der Waals surface area contributed by atoms with Gasteiger partial charge >= 0.3 is 0 Å². The minimum atomic E-state index is -2.38. The second-order valence-corrected chi connectivity index (χ2v) is 9.84. The normalized spacial score (nSPS) is 25.5. The highest BCUT2D eigenvalue weighted by Crippen LogP contribution is 2.34. The molecule has 2 N–H and O–H groups in total. The molecular weight excluding hydrogens is 428 g/mol. The van der Waals surface area contributed by atoms with E-state index in [0.717, 1.165) is 11.1 Å². The Bertz CT molecular complexity index is 904. The van der Waals surface area contributed by atoms with Gasteiger partial charge in [0.2, 0.25) is 17.7 Å². The number of rotatable bonds is 3. The zero-order valence-electron chi connectivity index (χ0n) is 19.2. The van der Waals surface area contributed by atoms with Crippen LogP contribution in [0.2, 0.25) is 0 Å². The summed E-state index contributed by atoms with van der Waals surface area (Å²) in [6.45, 7) is 2.42. The lowest BCUT2D eigenvalue weighted by Gasteiger charge is -2.30. The van der Waals surface area contributed by atoms with E-state index in [1.54, 1.807) is 11.0 Å². The Hall–Kier alpha value is -2.35. The highest BCUT2D eigenvalue weighted by atomic mass is 19.3. The molecule has 1 unspecified atom stereocenters. The van der Waals surface area contributed by atoms with Crippen LogP contribution in [0.5, 0.6) is 0 Å². The van der Waals surface area contributed by atoms with Crippen molar-refractivity contribution in [2.45, 2.75) is 102 Å². The molecule has 1 saturated heterocycles. The number of carbonyl (C=O) groups excluding carboxylic acids is 3. The van der Waals surface area contributed by atoms with Crippen molar-refractivity contribution in [3.8, 4) is 0 Å². The zero-order chi connectivity index (χ0) is 23.6. The van der Waals surface area contributed by atoms with E-state index in [4.69, 9.17) is 0 Å². The maximum Gasteiger partial charge on any atom is 0.255 e. The third-order valence-corrected chi connectivity index (χ3v) is 7.22. The number of aryl methyl sites for hydroxylation is 1. The Balaban J connectivity index is 0.000000165. The van der Waals surface area contributed by atoms with Gasteiger partial charge in [-0.3, -0.25) is 19.7 Å². The quantitative estimate of drug-likeness (QED) is 0.671. The molecule has 8 heteroatoms. The van der Waals surface area contributed by atoms with Gasteiger partial charge in [0.05, 0.1) is 0 Å². The number of hydrogen-bond donors (Lipinski definition) is 2. The second-order valence-electron chi connectivity index (χ2n) is 9.84. The van der Waals surface area contributed by atoms with Gasteiger partial charge in [-0.05, 0) is 50.7 Å². The van der Waals surface area contributed by atoms with Gasteiger partial charge in [-0.25, -0.2) is 8.78 Å². The van der Waals surface area contributed by atoms with Gasteiger partial charge in [0.25, 0.3) is 5.91 Å². The van der Waals surface area contributed by atoms with Gasteiger partial charge in [-0.2, -0.15) is 0 Å². The number of imide groups is 1. The smallest absolute Gasteiger partial charge is 0.255 e. The highest BCUT2D eigenvalue weighted by Gasteiger charge is 2.39. The van der Waals surface area contributed by atoms with E-state index in [1.807, 2.05) is 19.1 Å². The predicted octanol–water partition coefficient (Wildman–Crippen LogP) is 3.85. The third-order valence-electron chi connectivity index (χ3n) is 7.22. The van der Waals surface area contributed by atoms with Crippen LogP contribution in [0.1, 0.15) is 85.7 Å². The van der Waals surface area contributed by atoms with Gasteiger partial charge in [0.15, 0.2) is 0 Å². The number of nitrogens with one attached hydrogen (secondary N) is 2. The zero-order valence-corrected chi connectivity index (χ0v) is 19.2. The number of halogens is 2. The van der Waals surface area contributed by atoms with Crippen LogP contribution in [0.3, 0.4) is 0 Å². The first-order chi connectivity index (χ1) is 15.7. The first kappa shape index (κ1) is 23.8. The van der Waals surface area contributed by atoms with Gasteiger partial charge in [0, 0.05) is 43.5 Å². The molecule has 180 valence electrons. The Kier molecular flexibility index (Phi) is 7.12. The summed E-state index contributed by atoms with van der Waals surface area (Å²) in [5, 5.41) is 5.82. The molecule has 0 spiro atoms.